The van der Waals surface area contributed by atoms with Gasteiger partial charge >= 0.3 is 0 Å². The molecule has 2 rings (SSSR count). The van der Waals surface area contributed by atoms with E-state index in [9.17, 15) is 0 Å². The van der Waals surface area contributed by atoms with Crippen molar-refractivity contribution in [1.82, 2.24) is 5.32 Å². The Morgan fingerprint density at radius 3 is 2.30 bits per heavy atom. The second kappa shape index (κ2) is 9.17. The highest BCUT2D eigenvalue weighted by Crippen LogP contribution is 2.34. The molecule has 1 atom stereocenters. The minimum absolute atomic E-state index is 0.416. The van der Waals surface area contributed by atoms with E-state index < -0.39 is 0 Å². The SMILES string of the molecule is CCOc1c(Cl)cc(CNC(C)CCc2ccccc2)cc1Cl. The fourth-order valence-corrected chi connectivity index (χ4v) is 3.06. The molecule has 0 aliphatic heterocycles. The molecule has 124 valence electrons. The first kappa shape index (κ1) is 18.1. The Morgan fingerprint density at radius 2 is 1.70 bits per heavy atom. The Kier molecular flexibility index (Phi) is 7.22. The van der Waals surface area contributed by atoms with E-state index in [0.29, 0.717) is 28.4 Å². The molecule has 1 N–H and O–H groups in total. The standard InChI is InChI=1S/C19H23Cl2NO/c1-3-23-19-17(20)11-16(12-18(19)21)13-22-14(2)9-10-15-7-5-4-6-8-15/h4-8,11-12,14,22H,3,9-10,13H2,1-2H3. The number of aryl methyl sites for hydroxylation is 1. The molecular formula is C19H23Cl2NO. The first-order valence-electron chi connectivity index (χ1n) is 7.98. The largest absolute Gasteiger partial charge is 0.491 e. The zero-order valence-electron chi connectivity index (χ0n) is 13.6. The molecule has 0 spiro atoms. The Labute approximate surface area is 148 Å². The summed E-state index contributed by atoms with van der Waals surface area (Å²) in [5.74, 6) is 0.566. The Bertz CT molecular complexity index is 593. The molecule has 0 aliphatic rings. The predicted molar refractivity (Wildman–Crippen MR) is 98.7 cm³/mol. The van der Waals surface area contributed by atoms with Gasteiger partial charge in [-0.2, -0.15) is 0 Å². The summed E-state index contributed by atoms with van der Waals surface area (Å²) < 4.78 is 5.45. The summed E-state index contributed by atoms with van der Waals surface area (Å²) in [6.45, 7) is 5.40. The third-order valence-electron chi connectivity index (χ3n) is 3.71. The number of rotatable bonds is 8. The van der Waals surface area contributed by atoms with Crippen molar-refractivity contribution in [3.05, 3.63) is 63.6 Å². The van der Waals surface area contributed by atoms with Crippen LogP contribution in [0.15, 0.2) is 42.5 Å². The number of nitrogens with one attached hydrogen (secondary N) is 1. The van der Waals surface area contributed by atoms with Gasteiger partial charge in [0.1, 0.15) is 0 Å². The average Bonchev–Trinajstić information content (AvgIpc) is 2.55. The number of hydrogen-bond acceptors (Lipinski definition) is 2. The van der Waals surface area contributed by atoms with Gasteiger partial charge in [0, 0.05) is 12.6 Å². The Morgan fingerprint density at radius 1 is 1.04 bits per heavy atom. The van der Waals surface area contributed by atoms with E-state index in [0.717, 1.165) is 24.9 Å². The maximum Gasteiger partial charge on any atom is 0.156 e. The van der Waals surface area contributed by atoms with Crippen LogP contribution in [0, 0.1) is 0 Å². The number of hydrogen-bond donors (Lipinski definition) is 1. The van der Waals surface area contributed by atoms with E-state index in [1.165, 1.54) is 5.56 Å². The van der Waals surface area contributed by atoms with Gasteiger partial charge in [0.2, 0.25) is 0 Å². The number of halogens is 2. The summed E-state index contributed by atoms with van der Waals surface area (Å²) in [6.07, 6.45) is 2.16. The highest BCUT2D eigenvalue weighted by atomic mass is 35.5. The summed E-state index contributed by atoms with van der Waals surface area (Å²) >= 11 is 12.5. The molecule has 0 aliphatic carbocycles. The molecule has 2 aromatic carbocycles. The fraction of sp³-hybridized carbons (Fsp3) is 0.368. The minimum atomic E-state index is 0.416. The molecule has 0 heterocycles. The highest BCUT2D eigenvalue weighted by molar-refractivity contribution is 6.37. The van der Waals surface area contributed by atoms with Crippen molar-refractivity contribution in [2.24, 2.45) is 0 Å². The highest BCUT2D eigenvalue weighted by Gasteiger charge is 2.10. The van der Waals surface area contributed by atoms with E-state index in [-0.39, 0.29) is 0 Å². The lowest BCUT2D eigenvalue weighted by molar-refractivity contribution is 0.340. The monoisotopic (exact) mass is 351 g/mol. The smallest absolute Gasteiger partial charge is 0.156 e. The van der Waals surface area contributed by atoms with Crippen molar-refractivity contribution >= 4 is 23.2 Å². The molecule has 4 heteroatoms. The molecule has 0 radical (unpaired) electrons. The van der Waals surface area contributed by atoms with Crippen LogP contribution in [0.25, 0.3) is 0 Å². The first-order chi connectivity index (χ1) is 11.1. The second-order valence-electron chi connectivity index (χ2n) is 5.63. The van der Waals surface area contributed by atoms with Crippen LogP contribution >= 0.6 is 23.2 Å². The lowest BCUT2D eigenvalue weighted by Gasteiger charge is -2.15. The van der Waals surface area contributed by atoms with Crippen LogP contribution in [0.1, 0.15) is 31.4 Å². The third kappa shape index (κ3) is 5.72. The molecule has 0 bridgehead atoms. The lowest BCUT2D eigenvalue weighted by Crippen LogP contribution is -2.26. The Balaban J connectivity index is 1.85. The van der Waals surface area contributed by atoms with Gasteiger partial charge in [0.25, 0.3) is 0 Å². The van der Waals surface area contributed by atoms with Crippen LogP contribution in [0.5, 0.6) is 5.75 Å². The maximum atomic E-state index is 6.23. The molecule has 0 aromatic heterocycles. The number of ether oxygens (including phenoxy) is 1. The van der Waals surface area contributed by atoms with Crippen molar-refractivity contribution < 1.29 is 4.74 Å². The summed E-state index contributed by atoms with van der Waals surface area (Å²) in [5, 5.41) is 4.64. The molecular weight excluding hydrogens is 329 g/mol. The van der Waals surface area contributed by atoms with E-state index in [1.54, 1.807) is 0 Å². The molecule has 2 nitrogen and oxygen atoms in total. The van der Waals surface area contributed by atoms with Gasteiger partial charge in [-0.05, 0) is 49.9 Å². The van der Waals surface area contributed by atoms with Crippen LogP contribution in [0.2, 0.25) is 10.0 Å². The number of benzene rings is 2. The second-order valence-corrected chi connectivity index (χ2v) is 6.44. The van der Waals surface area contributed by atoms with Crippen LogP contribution in [0.4, 0.5) is 0 Å². The summed E-state index contributed by atoms with van der Waals surface area (Å²) in [4.78, 5) is 0. The Hall–Kier alpha value is -1.22. The van der Waals surface area contributed by atoms with Crippen molar-refractivity contribution in [1.29, 1.82) is 0 Å². The van der Waals surface area contributed by atoms with Gasteiger partial charge in [-0.25, -0.2) is 0 Å². The maximum absolute atomic E-state index is 6.23. The summed E-state index contributed by atoms with van der Waals surface area (Å²) in [5.41, 5.74) is 2.43. The zero-order chi connectivity index (χ0) is 16.7. The molecule has 0 amide bonds. The fourth-order valence-electron chi connectivity index (χ4n) is 2.42. The minimum Gasteiger partial charge on any atom is -0.491 e. The van der Waals surface area contributed by atoms with Crippen LogP contribution < -0.4 is 10.1 Å². The van der Waals surface area contributed by atoms with Crippen molar-refractivity contribution in [3.63, 3.8) is 0 Å². The summed E-state index contributed by atoms with van der Waals surface area (Å²) in [6, 6.07) is 14.8. The van der Waals surface area contributed by atoms with Gasteiger partial charge in [0.15, 0.2) is 5.75 Å². The van der Waals surface area contributed by atoms with Gasteiger partial charge in [-0.3, -0.25) is 0 Å². The van der Waals surface area contributed by atoms with Crippen LogP contribution in [0.3, 0.4) is 0 Å². The van der Waals surface area contributed by atoms with Gasteiger partial charge < -0.3 is 10.1 Å². The van der Waals surface area contributed by atoms with Crippen molar-refractivity contribution in [3.8, 4) is 5.75 Å². The van der Waals surface area contributed by atoms with Crippen LogP contribution in [-0.2, 0) is 13.0 Å². The summed E-state index contributed by atoms with van der Waals surface area (Å²) in [7, 11) is 0. The normalized spacial score (nSPS) is 12.2. The zero-order valence-corrected chi connectivity index (χ0v) is 15.1. The molecule has 0 fully saturated rings. The average molecular weight is 352 g/mol. The molecule has 1 unspecified atom stereocenters. The lowest BCUT2D eigenvalue weighted by atomic mass is 10.1. The predicted octanol–water partition coefficient (Wildman–Crippen LogP) is 5.50. The van der Waals surface area contributed by atoms with Crippen molar-refractivity contribution in [2.75, 3.05) is 6.61 Å². The van der Waals surface area contributed by atoms with Crippen molar-refractivity contribution in [2.45, 2.75) is 39.3 Å². The van der Waals surface area contributed by atoms with E-state index in [2.05, 4.69) is 36.5 Å². The quantitative estimate of drug-likeness (QED) is 0.677. The molecule has 0 saturated carbocycles. The van der Waals surface area contributed by atoms with Gasteiger partial charge in [0.05, 0.1) is 16.7 Å². The molecule has 23 heavy (non-hydrogen) atoms. The third-order valence-corrected chi connectivity index (χ3v) is 4.27. The molecule has 0 saturated heterocycles. The van der Waals surface area contributed by atoms with E-state index >= 15 is 0 Å². The van der Waals surface area contributed by atoms with Gasteiger partial charge in [-0.1, -0.05) is 53.5 Å². The van der Waals surface area contributed by atoms with E-state index in [1.807, 2.05) is 25.1 Å². The van der Waals surface area contributed by atoms with Gasteiger partial charge in [-0.15, -0.1) is 0 Å². The molecule has 2 aromatic rings. The van der Waals surface area contributed by atoms with E-state index in [4.69, 9.17) is 27.9 Å². The first-order valence-corrected chi connectivity index (χ1v) is 8.73. The van der Waals surface area contributed by atoms with Crippen LogP contribution in [-0.4, -0.2) is 12.6 Å². The topological polar surface area (TPSA) is 21.3 Å².